The van der Waals surface area contributed by atoms with Crippen LogP contribution in [-0.4, -0.2) is 12.3 Å². The molecule has 0 aromatic heterocycles. The van der Waals surface area contributed by atoms with Crippen LogP contribution in [-0.2, 0) is 4.79 Å². The fourth-order valence-electron chi connectivity index (χ4n) is 3.14. The maximum Gasteiger partial charge on any atom is 0.162 e. The van der Waals surface area contributed by atoms with E-state index >= 15 is 0 Å². The minimum atomic E-state index is 0.323. The van der Waals surface area contributed by atoms with E-state index in [2.05, 4.69) is 36.9 Å². The molecular formula is C16H19NO. The molecule has 2 aliphatic heterocycles. The van der Waals surface area contributed by atoms with Crippen molar-refractivity contribution in [2.45, 2.75) is 39.5 Å². The van der Waals surface area contributed by atoms with Gasteiger partial charge in [-0.05, 0) is 37.8 Å². The Labute approximate surface area is 108 Å². The first-order valence-electron chi connectivity index (χ1n) is 6.69. The van der Waals surface area contributed by atoms with E-state index in [1.807, 2.05) is 6.92 Å². The highest BCUT2D eigenvalue weighted by Gasteiger charge is 2.31. The Kier molecular flexibility index (Phi) is 2.54. The van der Waals surface area contributed by atoms with E-state index in [1.165, 1.54) is 22.5 Å². The van der Waals surface area contributed by atoms with Crippen LogP contribution < -0.4 is 4.90 Å². The molecule has 1 atom stereocenters. The molecule has 0 N–H and O–H groups in total. The van der Waals surface area contributed by atoms with Crippen molar-refractivity contribution < 1.29 is 4.79 Å². The second-order valence-corrected chi connectivity index (χ2v) is 5.56. The van der Waals surface area contributed by atoms with Crippen LogP contribution in [0.2, 0.25) is 0 Å². The zero-order chi connectivity index (χ0) is 12.9. The lowest BCUT2D eigenvalue weighted by atomic mass is 9.84. The fraction of sp³-hybridized carbons (Fsp3) is 0.438. The molecule has 3 rings (SSSR count). The maximum absolute atomic E-state index is 11.8. The smallest absolute Gasteiger partial charge is 0.162 e. The molecule has 0 spiro atoms. The third kappa shape index (κ3) is 1.59. The number of rotatable bonds is 0. The van der Waals surface area contributed by atoms with E-state index in [9.17, 15) is 4.79 Å². The summed E-state index contributed by atoms with van der Waals surface area (Å²) >= 11 is 0. The first-order chi connectivity index (χ1) is 8.58. The highest BCUT2D eigenvalue weighted by molar-refractivity contribution is 5.98. The third-order valence-corrected chi connectivity index (χ3v) is 4.24. The number of anilines is 1. The van der Waals surface area contributed by atoms with E-state index < -0.39 is 0 Å². The van der Waals surface area contributed by atoms with Crippen LogP contribution in [0, 0.1) is 6.92 Å². The number of allylic oxidation sites excluding steroid dienone is 2. The predicted octanol–water partition coefficient (Wildman–Crippen LogP) is 3.56. The molecule has 94 valence electrons. The summed E-state index contributed by atoms with van der Waals surface area (Å²) in [7, 11) is 0. The van der Waals surface area contributed by atoms with Gasteiger partial charge in [0.25, 0.3) is 0 Å². The highest BCUT2D eigenvalue weighted by atomic mass is 16.1. The SMILES string of the molecule is CC1=C2C[C@@H](C)c3cc(C)ccc3N2CCC1=O. The Morgan fingerprint density at radius 3 is 2.83 bits per heavy atom. The van der Waals surface area contributed by atoms with Gasteiger partial charge in [-0.15, -0.1) is 0 Å². The summed E-state index contributed by atoms with van der Waals surface area (Å²) in [5, 5.41) is 0. The molecule has 0 saturated heterocycles. The number of benzene rings is 1. The van der Waals surface area contributed by atoms with Gasteiger partial charge in [-0.25, -0.2) is 0 Å². The number of carbonyl (C=O) groups excluding carboxylic acids is 1. The van der Waals surface area contributed by atoms with Crippen LogP contribution in [0.5, 0.6) is 0 Å². The minimum absolute atomic E-state index is 0.323. The van der Waals surface area contributed by atoms with Crippen LogP contribution in [0.1, 0.15) is 43.7 Å². The Hall–Kier alpha value is -1.57. The normalized spacial score (nSPS) is 22.9. The van der Waals surface area contributed by atoms with Crippen LogP contribution in [0.4, 0.5) is 5.69 Å². The van der Waals surface area contributed by atoms with Gasteiger partial charge in [0.15, 0.2) is 5.78 Å². The molecule has 2 heterocycles. The number of aryl methyl sites for hydroxylation is 1. The van der Waals surface area contributed by atoms with Gasteiger partial charge in [0.2, 0.25) is 0 Å². The molecular weight excluding hydrogens is 222 g/mol. The van der Waals surface area contributed by atoms with Crippen molar-refractivity contribution in [3.63, 3.8) is 0 Å². The van der Waals surface area contributed by atoms with E-state index in [0.717, 1.165) is 18.5 Å². The van der Waals surface area contributed by atoms with E-state index in [0.29, 0.717) is 18.1 Å². The molecule has 2 aliphatic rings. The molecule has 0 amide bonds. The van der Waals surface area contributed by atoms with Gasteiger partial charge in [-0.2, -0.15) is 0 Å². The topological polar surface area (TPSA) is 20.3 Å². The fourth-order valence-corrected chi connectivity index (χ4v) is 3.14. The van der Waals surface area contributed by atoms with E-state index in [-0.39, 0.29) is 0 Å². The summed E-state index contributed by atoms with van der Waals surface area (Å²) < 4.78 is 0. The molecule has 0 bridgehead atoms. The molecule has 18 heavy (non-hydrogen) atoms. The summed E-state index contributed by atoms with van der Waals surface area (Å²) in [6, 6.07) is 6.67. The average Bonchev–Trinajstić information content (AvgIpc) is 2.35. The summed E-state index contributed by atoms with van der Waals surface area (Å²) in [6.07, 6.45) is 1.64. The summed E-state index contributed by atoms with van der Waals surface area (Å²) in [5.41, 5.74) is 6.27. The van der Waals surface area contributed by atoms with Crippen molar-refractivity contribution in [2.24, 2.45) is 0 Å². The molecule has 0 saturated carbocycles. The molecule has 2 heteroatoms. The van der Waals surface area contributed by atoms with Crippen molar-refractivity contribution in [3.8, 4) is 0 Å². The second-order valence-electron chi connectivity index (χ2n) is 5.56. The minimum Gasteiger partial charge on any atom is -0.344 e. The average molecular weight is 241 g/mol. The predicted molar refractivity (Wildman–Crippen MR) is 73.9 cm³/mol. The monoisotopic (exact) mass is 241 g/mol. The zero-order valence-corrected chi connectivity index (χ0v) is 11.3. The Morgan fingerprint density at radius 2 is 2.06 bits per heavy atom. The van der Waals surface area contributed by atoms with Crippen molar-refractivity contribution in [2.75, 3.05) is 11.4 Å². The number of Topliss-reactive ketones (excluding diaryl/α,β-unsaturated/α-hetero) is 1. The lowest BCUT2D eigenvalue weighted by Gasteiger charge is -2.40. The second kappa shape index (κ2) is 3.98. The number of fused-ring (bicyclic) bond motifs is 3. The van der Waals surface area contributed by atoms with Gasteiger partial charge >= 0.3 is 0 Å². The Morgan fingerprint density at radius 1 is 1.28 bits per heavy atom. The van der Waals surface area contributed by atoms with Crippen LogP contribution in [0.3, 0.4) is 0 Å². The largest absolute Gasteiger partial charge is 0.344 e. The van der Waals surface area contributed by atoms with E-state index in [1.54, 1.807) is 0 Å². The number of nitrogens with zero attached hydrogens (tertiary/aromatic N) is 1. The Bertz CT molecular complexity index is 556. The zero-order valence-electron chi connectivity index (χ0n) is 11.3. The van der Waals surface area contributed by atoms with Crippen LogP contribution in [0.25, 0.3) is 0 Å². The van der Waals surface area contributed by atoms with Crippen molar-refractivity contribution >= 4 is 11.5 Å². The van der Waals surface area contributed by atoms with Gasteiger partial charge in [0.1, 0.15) is 0 Å². The quantitative estimate of drug-likeness (QED) is 0.692. The van der Waals surface area contributed by atoms with Crippen LogP contribution >= 0.6 is 0 Å². The third-order valence-electron chi connectivity index (χ3n) is 4.24. The van der Waals surface area contributed by atoms with E-state index in [4.69, 9.17) is 0 Å². The van der Waals surface area contributed by atoms with Gasteiger partial charge in [-0.3, -0.25) is 4.79 Å². The summed E-state index contributed by atoms with van der Waals surface area (Å²) in [5.74, 6) is 0.830. The highest BCUT2D eigenvalue weighted by Crippen LogP contribution is 2.43. The summed E-state index contributed by atoms with van der Waals surface area (Å²) in [6.45, 7) is 7.22. The number of carbonyl (C=O) groups is 1. The molecule has 2 nitrogen and oxygen atoms in total. The molecule has 0 unspecified atom stereocenters. The molecule has 1 aromatic carbocycles. The van der Waals surface area contributed by atoms with Gasteiger partial charge in [0.05, 0.1) is 0 Å². The van der Waals surface area contributed by atoms with Gasteiger partial charge in [0, 0.05) is 29.9 Å². The van der Waals surface area contributed by atoms with Gasteiger partial charge in [-0.1, -0.05) is 24.6 Å². The maximum atomic E-state index is 11.8. The molecule has 1 aromatic rings. The number of hydrogen-bond acceptors (Lipinski definition) is 2. The molecule has 0 radical (unpaired) electrons. The first kappa shape index (κ1) is 11.5. The standard InChI is InChI=1S/C16H19NO/c1-10-4-5-14-13(8-10)11(2)9-15-12(3)16(18)6-7-17(14)15/h4-5,8,11H,6-7,9H2,1-3H3/t11-/m1/s1. The molecule has 0 aliphatic carbocycles. The summed E-state index contributed by atoms with van der Waals surface area (Å²) in [4.78, 5) is 14.2. The lowest BCUT2D eigenvalue weighted by Crippen LogP contribution is -2.36. The van der Waals surface area contributed by atoms with Crippen molar-refractivity contribution in [3.05, 3.63) is 40.6 Å². The van der Waals surface area contributed by atoms with Gasteiger partial charge < -0.3 is 4.90 Å². The molecule has 0 fully saturated rings. The van der Waals surface area contributed by atoms with Crippen molar-refractivity contribution in [1.82, 2.24) is 0 Å². The lowest BCUT2D eigenvalue weighted by molar-refractivity contribution is -0.115. The number of hydrogen-bond donors (Lipinski definition) is 0. The Balaban J connectivity index is 2.17. The number of ketones is 1. The van der Waals surface area contributed by atoms with Crippen LogP contribution in [0.15, 0.2) is 29.5 Å². The first-order valence-corrected chi connectivity index (χ1v) is 6.69. The van der Waals surface area contributed by atoms with Crippen molar-refractivity contribution in [1.29, 1.82) is 0 Å².